The molecule has 1 heterocycles. The molecule has 0 unspecified atom stereocenters. The molecule has 0 saturated carbocycles. The van der Waals surface area contributed by atoms with Crippen LogP contribution >= 0.6 is 11.3 Å². The monoisotopic (exact) mass is 241 g/mol. The number of carbonyl (C=O) groups excluding carboxylic acids is 1. The van der Waals surface area contributed by atoms with Crippen LogP contribution in [0.1, 0.15) is 25.6 Å². The van der Waals surface area contributed by atoms with Gasteiger partial charge >= 0.3 is 0 Å². The number of carbonyl (C=O) groups is 1. The van der Waals surface area contributed by atoms with Crippen LogP contribution in [0.25, 0.3) is 0 Å². The van der Waals surface area contributed by atoms with Crippen LogP contribution in [0.5, 0.6) is 0 Å². The highest BCUT2D eigenvalue weighted by atomic mass is 32.1. The molecule has 1 aromatic rings. The van der Waals surface area contributed by atoms with E-state index < -0.39 is 0 Å². The molecule has 0 aromatic carbocycles. The zero-order chi connectivity index (χ0) is 12.0. The molecule has 0 aliphatic heterocycles. The molecule has 16 heavy (non-hydrogen) atoms. The number of aromatic nitrogens is 1. The predicted molar refractivity (Wildman–Crippen MR) is 66.3 cm³/mol. The maximum Gasteiger partial charge on any atom is 0.225 e. The van der Waals surface area contributed by atoms with Gasteiger partial charge in [0.2, 0.25) is 5.91 Å². The van der Waals surface area contributed by atoms with Gasteiger partial charge in [-0.2, -0.15) is 0 Å². The van der Waals surface area contributed by atoms with E-state index in [1.165, 1.54) is 4.88 Å². The molecule has 90 valence electrons. The summed E-state index contributed by atoms with van der Waals surface area (Å²) in [7, 11) is 0. The van der Waals surface area contributed by atoms with Gasteiger partial charge in [0, 0.05) is 36.1 Å². The SMILES string of the molecule is CC(C)(C)C(=O)NCCNCc1cncs1. The summed E-state index contributed by atoms with van der Waals surface area (Å²) in [6.07, 6.45) is 1.85. The van der Waals surface area contributed by atoms with Crippen molar-refractivity contribution in [2.45, 2.75) is 27.3 Å². The second-order valence-corrected chi connectivity index (χ2v) is 5.62. The van der Waals surface area contributed by atoms with Crippen molar-refractivity contribution < 1.29 is 4.79 Å². The van der Waals surface area contributed by atoms with E-state index in [9.17, 15) is 4.79 Å². The smallest absolute Gasteiger partial charge is 0.225 e. The van der Waals surface area contributed by atoms with E-state index >= 15 is 0 Å². The maximum atomic E-state index is 11.5. The summed E-state index contributed by atoms with van der Waals surface area (Å²) >= 11 is 1.63. The summed E-state index contributed by atoms with van der Waals surface area (Å²) in [5.41, 5.74) is 1.51. The first-order valence-electron chi connectivity index (χ1n) is 5.36. The lowest BCUT2D eigenvalue weighted by Gasteiger charge is -2.17. The Morgan fingerprint density at radius 2 is 2.19 bits per heavy atom. The molecule has 0 saturated heterocycles. The number of thiazole rings is 1. The third kappa shape index (κ3) is 4.72. The molecule has 1 rings (SSSR count). The highest BCUT2D eigenvalue weighted by Crippen LogP contribution is 2.11. The molecule has 0 aliphatic rings. The van der Waals surface area contributed by atoms with E-state index in [2.05, 4.69) is 15.6 Å². The molecule has 0 bridgehead atoms. The minimum atomic E-state index is -0.308. The minimum absolute atomic E-state index is 0.0899. The van der Waals surface area contributed by atoms with Crippen LogP contribution in [0.2, 0.25) is 0 Å². The Labute approximate surface area is 100 Å². The Balaban J connectivity index is 2.06. The summed E-state index contributed by atoms with van der Waals surface area (Å²) in [6.45, 7) is 7.98. The number of nitrogens with zero attached hydrogens (tertiary/aromatic N) is 1. The zero-order valence-electron chi connectivity index (χ0n) is 10.0. The Morgan fingerprint density at radius 3 is 2.75 bits per heavy atom. The molecule has 2 N–H and O–H groups in total. The first kappa shape index (κ1) is 13.1. The van der Waals surface area contributed by atoms with Crippen LogP contribution in [0.3, 0.4) is 0 Å². The van der Waals surface area contributed by atoms with E-state index in [0.717, 1.165) is 13.1 Å². The highest BCUT2D eigenvalue weighted by molar-refractivity contribution is 7.09. The van der Waals surface area contributed by atoms with E-state index in [-0.39, 0.29) is 11.3 Å². The lowest BCUT2D eigenvalue weighted by Crippen LogP contribution is -2.38. The lowest BCUT2D eigenvalue weighted by atomic mass is 9.96. The van der Waals surface area contributed by atoms with E-state index in [0.29, 0.717) is 6.54 Å². The highest BCUT2D eigenvalue weighted by Gasteiger charge is 2.19. The Hall–Kier alpha value is -0.940. The number of rotatable bonds is 5. The Bertz CT molecular complexity index is 316. The van der Waals surface area contributed by atoms with Crippen molar-refractivity contribution in [2.24, 2.45) is 5.41 Å². The van der Waals surface area contributed by atoms with Gasteiger partial charge in [-0.15, -0.1) is 11.3 Å². The van der Waals surface area contributed by atoms with Gasteiger partial charge in [0.15, 0.2) is 0 Å². The van der Waals surface area contributed by atoms with Crippen LogP contribution in [-0.2, 0) is 11.3 Å². The van der Waals surface area contributed by atoms with Crippen molar-refractivity contribution >= 4 is 17.2 Å². The molecule has 4 nitrogen and oxygen atoms in total. The van der Waals surface area contributed by atoms with Crippen LogP contribution in [0.4, 0.5) is 0 Å². The topological polar surface area (TPSA) is 54.0 Å². The largest absolute Gasteiger partial charge is 0.354 e. The number of hydrogen-bond acceptors (Lipinski definition) is 4. The summed E-state index contributed by atoms with van der Waals surface area (Å²) in [6, 6.07) is 0. The molecule has 0 radical (unpaired) electrons. The molecular formula is C11H19N3OS. The second-order valence-electron chi connectivity index (χ2n) is 4.65. The van der Waals surface area contributed by atoms with E-state index in [1.54, 1.807) is 11.3 Å². The molecule has 0 aliphatic carbocycles. The average Bonchev–Trinajstić information content (AvgIpc) is 2.68. The predicted octanol–water partition coefficient (Wildman–Crippen LogP) is 1.39. The fraction of sp³-hybridized carbons (Fsp3) is 0.636. The van der Waals surface area contributed by atoms with Crippen LogP contribution in [-0.4, -0.2) is 24.0 Å². The van der Waals surface area contributed by atoms with Crippen LogP contribution in [0.15, 0.2) is 11.7 Å². The fourth-order valence-corrected chi connectivity index (χ4v) is 1.63. The average molecular weight is 241 g/mol. The normalized spacial score (nSPS) is 11.4. The summed E-state index contributed by atoms with van der Waals surface area (Å²) in [5, 5.41) is 6.14. The zero-order valence-corrected chi connectivity index (χ0v) is 10.9. The van der Waals surface area contributed by atoms with Crippen molar-refractivity contribution in [1.29, 1.82) is 0 Å². The van der Waals surface area contributed by atoms with Gasteiger partial charge in [0.25, 0.3) is 0 Å². The second kappa shape index (κ2) is 5.96. The first-order chi connectivity index (χ1) is 7.50. The number of nitrogens with one attached hydrogen (secondary N) is 2. The van der Waals surface area contributed by atoms with Crippen molar-refractivity contribution in [3.05, 3.63) is 16.6 Å². The summed E-state index contributed by atoms with van der Waals surface area (Å²) in [4.78, 5) is 16.7. The standard InChI is InChI=1S/C11H19N3OS/c1-11(2,3)10(15)14-5-4-12-6-9-7-13-8-16-9/h7-8,12H,4-6H2,1-3H3,(H,14,15). The molecule has 1 aromatic heterocycles. The van der Waals surface area contributed by atoms with Gasteiger partial charge in [-0.3, -0.25) is 9.78 Å². The molecular weight excluding hydrogens is 222 g/mol. The number of hydrogen-bond donors (Lipinski definition) is 2. The molecule has 0 atom stereocenters. The quantitative estimate of drug-likeness (QED) is 0.766. The number of amides is 1. The van der Waals surface area contributed by atoms with Crippen molar-refractivity contribution in [2.75, 3.05) is 13.1 Å². The molecule has 0 fully saturated rings. The molecule has 5 heteroatoms. The van der Waals surface area contributed by atoms with Crippen molar-refractivity contribution in [3.63, 3.8) is 0 Å². The third-order valence-corrected chi connectivity index (χ3v) is 2.83. The van der Waals surface area contributed by atoms with Crippen molar-refractivity contribution in [3.8, 4) is 0 Å². The van der Waals surface area contributed by atoms with Gasteiger partial charge in [-0.25, -0.2) is 0 Å². The Morgan fingerprint density at radius 1 is 1.44 bits per heavy atom. The van der Waals surface area contributed by atoms with E-state index in [4.69, 9.17) is 0 Å². The van der Waals surface area contributed by atoms with Gasteiger partial charge in [0.05, 0.1) is 5.51 Å². The van der Waals surface area contributed by atoms with Gasteiger partial charge in [-0.05, 0) is 0 Å². The Kier molecular flexibility index (Phi) is 4.89. The maximum absolute atomic E-state index is 11.5. The van der Waals surface area contributed by atoms with Gasteiger partial charge < -0.3 is 10.6 Å². The van der Waals surface area contributed by atoms with Gasteiger partial charge in [-0.1, -0.05) is 20.8 Å². The molecule has 1 amide bonds. The minimum Gasteiger partial charge on any atom is -0.354 e. The molecule has 0 spiro atoms. The fourth-order valence-electron chi connectivity index (χ4n) is 1.07. The van der Waals surface area contributed by atoms with Gasteiger partial charge in [0.1, 0.15) is 0 Å². The third-order valence-electron chi connectivity index (χ3n) is 2.05. The van der Waals surface area contributed by atoms with Crippen molar-refractivity contribution in [1.82, 2.24) is 15.6 Å². The lowest BCUT2D eigenvalue weighted by molar-refractivity contribution is -0.128. The summed E-state index contributed by atoms with van der Waals surface area (Å²) in [5.74, 6) is 0.0899. The van der Waals surface area contributed by atoms with Crippen LogP contribution in [0, 0.1) is 5.41 Å². The van der Waals surface area contributed by atoms with Crippen LogP contribution < -0.4 is 10.6 Å². The summed E-state index contributed by atoms with van der Waals surface area (Å²) < 4.78 is 0. The van der Waals surface area contributed by atoms with E-state index in [1.807, 2.05) is 32.5 Å². The first-order valence-corrected chi connectivity index (χ1v) is 6.24.